The predicted octanol–water partition coefficient (Wildman–Crippen LogP) is 3.78. The van der Waals surface area contributed by atoms with Gasteiger partial charge in [0.15, 0.2) is 0 Å². The Labute approximate surface area is 125 Å². The molecule has 0 unspecified atom stereocenters. The van der Waals surface area contributed by atoms with Crippen LogP contribution in [0.4, 0.5) is 0 Å². The van der Waals surface area contributed by atoms with Crippen molar-refractivity contribution in [1.29, 1.82) is 5.26 Å². The molecule has 0 bridgehead atoms. The fourth-order valence-electron chi connectivity index (χ4n) is 2.23. The van der Waals surface area contributed by atoms with Crippen LogP contribution in [-0.2, 0) is 6.42 Å². The average Bonchev–Trinajstić information content (AvgIpc) is 2.53. The molecular weight excluding hydrogens is 264 g/mol. The van der Waals surface area contributed by atoms with Crippen LogP contribution in [0.15, 0.2) is 23.0 Å². The van der Waals surface area contributed by atoms with Crippen molar-refractivity contribution < 1.29 is 4.74 Å². The van der Waals surface area contributed by atoms with Gasteiger partial charge in [-0.15, -0.1) is 0 Å². The number of aromatic amines is 1. The number of nitrogens with zero attached hydrogens (tertiary/aromatic N) is 1. The monoisotopic (exact) mass is 286 g/mol. The highest BCUT2D eigenvalue weighted by molar-refractivity contribution is 5.89. The first-order valence-electron chi connectivity index (χ1n) is 7.34. The molecule has 21 heavy (non-hydrogen) atoms. The maximum atomic E-state index is 11.7. The van der Waals surface area contributed by atoms with Gasteiger partial charge in [-0.05, 0) is 30.5 Å². The number of pyridine rings is 1. The van der Waals surface area contributed by atoms with Gasteiger partial charge >= 0.3 is 0 Å². The zero-order valence-corrected chi connectivity index (χ0v) is 13.1. The highest BCUT2D eigenvalue weighted by Crippen LogP contribution is 2.27. The fraction of sp³-hybridized carbons (Fsp3) is 0.412. The number of unbranched alkanes of at least 4 members (excludes halogenated alkanes) is 1. The summed E-state index contributed by atoms with van der Waals surface area (Å²) in [5, 5.41) is 10.2. The highest BCUT2D eigenvalue weighted by atomic mass is 16.5. The molecule has 0 aliphatic rings. The molecule has 1 heterocycles. The average molecular weight is 286 g/mol. The van der Waals surface area contributed by atoms with Crippen molar-refractivity contribution >= 4 is 10.9 Å². The molecule has 0 amide bonds. The Morgan fingerprint density at radius 1 is 1.33 bits per heavy atom. The SMILES string of the molecule is CC.CCCCc1cc(=O)[nH]c2c(C#N)c(OC)ccc12. The van der Waals surface area contributed by atoms with Crippen LogP contribution < -0.4 is 10.3 Å². The Morgan fingerprint density at radius 3 is 2.62 bits per heavy atom. The number of methoxy groups -OCH3 is 1. The van der Waals surface area contributed by atoms with Gasteiger partial charge in [-0.2, -0.15) is 5.26 Å². The van der Waals surface area contributed by atoms with Crippen LogP contribution >= 0.6 is 0 Å². The molecule has 4 heteroatoms. The molecule has 0 saturated carbocycles. The van der Waals surface area contributed by atoms with Crippen molar-refractivity contribution in [3.8, 4) is 11.8 Å². The zero-order chi connectivity index (χ0) is 15.8. The van der Waals surface area contributed by atoms with Crippen LogP contribution in [0.5, 0.6) is 5.75 Å². The molecular formula is C17H22N2O2. The van der Waals surface area contributed by atoms with E-state index in [1.165, 1.54) is 7.11 Å². The van der Waals surface area contributed by atoms with Gasteiger partial charge in [-0.25, -0.2) is 0 Å². The van der Waals surface area contributed by atoms with E-state index >= 15 is 0 Å². The molecule has 0 fully saturated rings. The summed E-state index contributed by atoms with van der Waals surface area (Å²) < 4.78 is 5.16. The smallest absolute Gasteiger partial charge is 0.248 e. The first kappa shape index (κ1) is 16.8. The van der Waals surface area contributed by atoms with Crippen LogP contribution in [-0.4, -0.2) is 12.1 Å². The molecule has 1 aromatic carbocycles. The van der Waals surface area contributed by atoms with E-state index in [4.69, 9.17) is 4.74 Å². The summed E-state index contributed by atoms with van der Waals surface area (Å²) in [6.07, 6.45) is 2.93. The third-order valence-corrected chi connectivity index (χ3v) is 3.20. The summed E-state index contributed by atoms with van der Waals surface area (Å²) in [6.45, 7) is 6.11. The van der Waals surface area contributed by atoms with Gasteiger partial charge in [0.2, 0.25) is 5.56 Å². The summed E-state index contributed by atoms with van der Waals surface area (Å²) in [5.74, 6) is 0.485. The second-order valence-electron chi connectivity index (χ2n) is 4.44. The van der Waals surface area contributed by atoms with Gasteiger partial charge in [0, 0.05) is 11.5 Å². The maximum Gasteiger partial charge on any atom is 0.248 e. The molecule has 0 aliphatic heterocycles. The summed E-state index contributed by atoms with van der Waals surface area (Å²) in [5.41, 5.74) is 1.76. The number of hydrogen-bond donors (Lipinski definition) is 1. The number of aromatic nitrogens is 1. The third-order valence-electron chi connectivity index (χ3n) is 3.20. The normalized spacial score (nSPS) is 9.67. The number of aryl methyl sites for hydroxylation is 1. The molecule has 2 aromatic rings. The number of rotatable bonds is 4. The number of nitriles is 1. The van der Waals surface area contributed by atoms with Gasteiger partial charge in [0.05, 0.1) is 12.6 Å². The summed E-state index contributed by atoms with van der Waals surface area (Å²) in [4.78, 5) is 14.5. The van der Waals surface area contributed by atoms with E-state index in [0.29, 0.717) is 16.8 Å². The van der Waals surface area contributed by atoms with Crippen molar-refractivity contribution in [2.45, 2.75) is 40.0 Å². The Bertz CT molecular complexity index is 696. The number of hydrogen-bond acceptors (Lipinski definition) is 3. The van der Waals surface area contributed by atoms with E-state index < -0.39 is 0 Å². The Morgan fingerprint density at radius 2 is 2.05 bits per heavy atom. The number of ether oxygens (including phenoxy) is 1. The lowest BCUT2D eigenvalue weighted by Gasteiger charge is -2.09. The van der Waals surface area contributed by atoms with Gasteiger partial charge < -0.3 is 9.72 Å². The van der Waals surface area contributed by atoms with Crippen molar-refractivity contribution in [2.24, 2.45) is 0 Å². The molecule has 0 spiro atoms. The molecule has 2 rings (SSSR count). The molecule has 0 aliphatic carbocycles. The van der Waals surface area contributed by atoms with Gasteiger partial charge in [0.25, 0.3) is 0 Å². The molecule has 1 N–H and O–H groups in total. The van der Waals surface area contributed by atoms with Crippen molar-refractivity contribution in [3.63, 3.8) is 0 Å². The first-order valence-corrected chi connectivity index (χ1v) is 7.34. The minimum Gasteiger partial charge on any atom is -0.495 e. The largest absolute Gasteiger partial charge is 0.495 e. The Hall–Kier alpha value is -2.28. The van der Waals surface area contributed by atoms with Crippen molar-refractivity contribution in [2.75, 3.05) is 7.11 Å². The Kier molecular flexibility index (Phi) is 6.48. The molecule has 0 radical (unpaired) electrons. The topological polar surface area (TPSA) is 65.9 Å². The second-order valence-corrected chi connectivity index (χ2v) is 4.44. The lowest BCUT2D eigenvalue weighted by molar-refractivity contribution is 0.414. The van der Waals surface area contributed by atoms with E-state index in [1.807, 2.05) is 19.9 Å². The van der Waals surface area contributed by atoms with Crippen LogP contribution in [0.1, 0.15) is 44.7 Å². The number of H-pyrrole nitrogens is 1. The minimum absolute atomic E-state index is 0.177. The molecule has 0 saturated heterocycles. The van der Waals surface area contributed by atoms with Crippen molar-refractivity contribution in [3.05, 3.63) is 39.7 Å². The fourth-order valence-corrected chi connectivity index (χ4v) is 2.23. The van der Waals surface area contributed by atoms with E-state index in [2.05, 4.69) is 18.0 Å². The highest BCUT2D eigenvalue weighted by Gasteiger charge is 2.11. The van der Waals surface area contributed by atoms with Gasteiger partial charge in [-0.3, -0.25) is 4.79 Å². The number of fused-ring (bicyclic) bond motifs is 1. The predicted molar refractivity (Wildman–Crippen MR) is 85.8 cm³/mol. The number of benzene rings is 1. The van der Waals surface area contributed by atoms with E-state index in [1.54, 1.807) is 12.1 Å². The standard InChI is InChI=1S/C15H16N2O2.C2H6/c1-3-4-5-10-8-14(18)17-15-11(10)6-7-13(19-2)12(15)9-16;1-2/h6-8H,3-5H2,1-2H3,(H,17,18);1-2H3. The van der Waals surface area contributed by atoms with E-state index in [9.17, 15) is 10.1 Å². The van der Waals surface area contributed by atoms with Crippen LogP contribution in [0.25, 0.3) is 10.9 Å². The Balaban J connectivity index is 0.00000106. The lowest BCUT2D eigenvalue weighted by Crippen LogP contribution is -2.08. The molecule has 4 nitrogen and oxygen atoms in total. The van der Waals surface area contributed by atoms with Crippen LogP contribution in [0.2, 0.25) is 0 Å². The van der Waals surface area contributed by atoms with Crippen LogP contribution in [0, 0.1) is 11.3 Å². The third kappa shape index (κ3) is 3.63. The van der Waals surface area contributed by atoms with Crippen LogP contribution in [0.3, 0.4) is 0 Å². The number of nitrogens with one attached hydrogen (secondary N) is 1. The summed E-state index contributed by atoms with van der Waals surface area (Å²) in [6, 6.07) is 7.39. The summed E-state index contributed by atoms with van der Waals surface area (Å²) >= 11 is 0. The summed E-state index contributed by atoms with van der Waals surface area (Å²) in [7, 11) is 1.51. The van der Waals surface area contributed by atoms with Gasteiger partial charge in [0.1, 0.15) is 17.4 Å². The zero-order valence-electron chi connectivity index (χ0n) is 13.1. The maximum absolute atomic E-state index is 11.7. The quantitative estimate of drug-likeness (QED) is 0.930. The van der Waals surface area contributed by atoms with Crippen molar-refractivity contribution in [1.82, 2.24) is 4.98 Å². The van der Waals surface area contributed by atoms with E-state index in [0.717, 1.165) is 30.2 Å². The van der Waals surface area contributed by atoms with Gasteiger partial charge in [-0.1, -0.05) is 27.2 Å². The molecule has 112 valence electrons. The minimum atomic E-state index is -0.177. The lowest BCUT2D eigenvalue weighted by atomic mass is 10.0. The second kappa shape index (κ2) is 8.11. The molecule has 1 aromatic heterocycles. The van der Waals surface area contributed by atoms with E-state index in [-0.39, 0.29) is 5.56 Å². The molecule has 0 atom stereocenters. The first-order chi connectivity index (χ1) is 10.2.